The molecular formula is C15H18ClN3O. The molecule has 1 N–H and O–H groups in total. The lowest BCUT2D eigenvalue weighted by atomic mass is 10.2. The van der Waals surface area contributed by atoms with Crippen molar-refractivity contribution in [2.75, 3.05) is 0 Å². The molecule has 0 saturated carbocycles. The Morgan fingerprint density at radius 1 is 1.40 bits per heavy atom. The quantitative estimate of drug-likeness (QED) is 0.939. The average Bonchev–Trinajstić information content (AvgIpc) is 2.80. The van der Waals surface area contributed by atoms with E-state index in [0.717, 1.165) is 11.3 Å². The third-order valence-corrected chi connectivity index (χ3v) is 3.41. The van der Waals surface area contributed by atoms with Crippen LogP contribution in [0.3, 0.4) is 0 Å². The minimum atomic E-state index is -0.188. The Bertz CT molecular complexity index is 619. The molecule has 0 radical (unpaired) electrons. The lowest BCUT2D eigenvalue weighted by Crippen LogP contribution is -2.23. The zero-order valence-corrected chi connectivity index (χ0v) is 12.6. The number of aryl methyl sites for hydroxylation is 1. The first kappa shape index (κ1) is 14.6. The highest BCUT2D eigenvalue weighted by Gasteiger charge is 2.13. The van der Waals surface area contributed by atoms with Crippen LogP contribution in [-0.2, 0) is 6.54 Å². The summed E-state index contributed by atoms with van der Waals surface area (Å²) < 4.78 is 1.84. The van der Waals surface area contributed by atoms with Gasteiger partial charge in [-0.15, -0.1) is 0 Å². The normalized spacial score (nSPS) is 10.8. The second-order valence-corrected chi connectivity index (χ2v) is 5.39. The molecule has 1 heterocycles. The van der Waals surface area contributed by atoms with Gasteiger partial charge in [0.05, 0.1) is 0 Å². The predicted octanol–water partition coefficient (Wildman–Crippen LogP) is 3.36. The number of nitrogens with one attached hydrogen (secondary N) is 1. The molecule has 1 amide bonds. The largest absolute Gasteiger partial charge is 0.347 e. The summed E-state index contributed by atoms with van der Waals surface area (Å²) in [6.45, 7) is 6.40. The number of hydrogen-bond acceptors (Lipinski definition) is 2. The molecule has 0 aliphatic rings. The standard InChI is InChI=1S/C15H18ClN3O/c1-10(2)19-11(3)8-14(18-19)15(20)17-9-12-6-4-5-7-13(12)16/h4-8,10H,9H2,1-3H3,(H,17,20). The predicted molar refractivity (Wildman–Crippen MR) is 80.0 cm³/mol. The summed E-state index contributed by atoms with van der Waals surface area (Å²) in [5, 5.41) is 7.80. The number of halogens is 1. The molecule has 0 unspecified atom stereocenters. The molecular weight excluding hydrogens is 274 g/mol. The molecule has 4 nitrogen and oxygen atoms in total. The second-order valence-electron chi connectivity index (χ2n) is 4.98. The van der Waals surface area contributed by atoms with Gasteiger partial charge in [0.2, 0.25) is 0 Å². The number of nitrogens with zero attached hydrogens (tertiary/aromatic N) is 2. The fourth-order valence-electron chi connectivity index (χ4n) is 2.03. The molecule has 2 aromatic rings. The lowest BCUT2D eigenvalue weighted by Gasteiger charge is -2.07. The van der Waals surface area contributed by atoms with Gasteiger partial charge >= 0.3 is 0 Å². The minimum absolute atomic E-state index is 0.188. The Balaban J connectivity index is 2.06. The van der Waals surface area contributed by atoms with Crippen molar-refractivity contribution in [3.05, 3.63) is 52.3 Å². The molecule has 106 valence electrons. The Kier molecular flexibility index (Phi) is 4.45. The van der Waals surface area contributed by atoms with Gasteiger partial charge in [0, 0.05) is 23.3 Å². The Morgan fingerprint density at radius 2 is 2.10 bits per heavy atom. The maximum Gasteiger partial charge on any atom is 0.272 e. The van der Waals surface area contributed by atoms with Crippen LogP contribution < -0.4 is 5.32 Å². The summed E-state index contributed by atoms with van der Waals surface area (Å²) in [6.07, 6.45) is 0. The fourth-order valence-corrected chi connectivity index (χ4v) is 2.23. The maximum atomic E-state index is 12.1. The van der Waals surface area contributed by atoms with E-state index in [2.05, 4.69) is 10.4 Å². The van der Waals surface area contributed by atoms with E-state index in [0.29, 0.717) is 17.3 Å². The van der Waals surface area contributed by atoms with Gasteiger partial charge in [0.25, 0.3) is 5.91 Å². The summed E-state index contributed by atoms with van der Waals surface area (Å²) in [6, 6.07) is 9.48. The van der Waals surface area contributed by atoms with Gasteiger partial charge < -0.3 is 5.32 Å². The van der Waals surface area contributed by atoms with Crippen molar-refractivity contribution in [3.8, 4) is 0 Å². The van der Waals surface area contributed by atoms with Gasteiger partial charge in [-0.1, -0.05) is 29.8 Å². The van der Waals surface area contributed by atoms with Crippen LogP contribution in [0.1, 0.15) is 41.6 Å². The minimum Gasteiger partial charge on any atom is -0.347 e. The number of hydrogen-bond donors (Lipinski definition) is 1. The third-order valence-electron chi connectivity index (χ3n) is 3.04. The molecule has 0 aliphatic carbocycles. The first-order chi connectivity index (χ1) is 9.49. The number of rotatable bonds is 4. The van der Waals surface area contributed by atoms with E-state index in [4.69, 9.17) is 11.6 Å². The zero-order chi connectivity index (χ0) is 14.7. The SMILES string of the molecule is Cc1cc(C(=O)NCc2ccccc2Cl)nn1C(C)C. The van der Waals surface area contributed by atoms with Crippen LogP contribution >= 0.6 is 11.6 Å². The van der Waals surface area contributed by atoms with E-state index in [9.17, 15) is 4.79 Å². The third kappa shape index (κ3) is 3.20. The van der Waals surface area contributed by atoms with E-state index < -0.39 is 0 Å². The molecule has 0 fully saturated rings. The number of benzene rings is 1. The topological polar surface area (TPSA) is 46.9 Å². The Labute approximate surface area is 123 Å². The molecule has 0 bridgehead atoms. The summed E-state index contributed by atoms with van der Waals surface area (Å²) in [5.41, 5.74) is 2.30. The zero-order valence-electron chi connectivity index (χ0n) is 11.9. The van der Waals surface area contributed by atoms with Gasteiger partial charge in [-0.05, 0) is 38.5 Å². The summed E-state index contributed by atoms with van der Waals surface area (Å²) in [5.74, 6) is -0.188. The first-order valence-corrected chi connectivity index (χ1v) is 6.94. The van der Waals surface area contributed by atoms with Crippen LogP contribution in [0.5, 0.6) is 0 Å². The fraction of sp³-hybridized carbons (Fsp3) is 0.333. The summed E-state index contributed by atoms with van der Waals surface area (Å²) in [7, 11) is 0. The monoisotopic (exact) mass is 291 g/mol. The highest BCUT2D eigenvalue weighted by atomic mass is 35.5. The number of carbonyl (C=O) groups excluding carboxylic acids is 1. The number of aromatic nitrogens is 2. The van der Waals surface area contributed by atoms with E-state index in [1.807, 2.05) is 43.7 Å². The van der Waals surface area contributed by atoms with Crippen LogP contribution in [-0.4, -0.2) is 15.7 Å². The van der Waals surface area contributed by atoms with Crippen LogP contribution in [0.25, 0.3) is 0 Å². The van der Waals surface area contributed by atoms with Crippen molar-refractivity contribution in [3.63, 3.8) is 0 Å². The smallest absolute Gasteiger partial charge is 0.272 e. The Morgan fingerprint density at radius 3 is 2.70 bits per heavy atom. The van der Waals surface area contributed by atoms with E-state index >= 15 is 0 Å². The van der Waals surface area contributed by atoms with Crippen molar-refractivity contribution in [1.29, 1.82) is 0 Å². The maximum absolute atomic E-state index is 12.1. The van der Waals surface area contributed by atoms with Crippen LogP contribution in [0.2, 0.25) is 5.02 Å². The van der Waals surface area contributed by atoms with Crippen LogP contribution in [0, 0.1) is 6.92 Å². The van der Waals surface area contributed by atoms with Crippen LogP contribution in [0.15, 0.2) is 30.3 Å². The highest BCUT2D eigenvalue weighted by molar-refractivity contribution is 6.31. The van der Waals surface area contributed by atoms with Gasteiger partial charge in [-0.3, -0.25) is 9.48 Å². The van der Waals surface area contributed by atoms with Gasteiger partial charge in [0.1, 0.15) is 5.69 Å². The Hall–Kier alpha value is -1.81. The molecule has 5 heteroatoms. The number of amides is 1. The highest BCUT2D eigenvalue weighted by Crippen LogP contribution is 2.15. The molecule has 20 heavy (non-hydrogen) atoms. The van der Waals surface area contributed by atoms with Crippen molar-refractivity contribution < 1.29 is 4.79 Å². The molecule has 0 aliphatic heterocycles. The lowest BCUT2D eigenvalue weighted by molar-refractivity contribution is 0.0945. The van der Waals surface area contributed by atoms with Crippen LogP contribution in [0.4, 0.5) is 0 Å². The van der Waals surface area contributed by atoms with E-state index in [-0.39, 0.29) is 11.9 Å². The molecule has 2 rings (SSSR count). The first-order valence-electron chi connectivity index (χ1n) is 6.57. The van der Waals surface area contributed by atoms with Crippen molar-refractivity contribution in [1.82, 2.24) is 15.1 Å². The van der Waals surface area contributed by atoms with Crippen molar-refractivity contribution >= 4 is 17.5 Å². The van der Waals surface area contributed by atoms with Crippen molar-refractivity contribution in [2.45, 2.75) is 33.4 Å². The molecule has 0 atom stereocenters. The second kappa shape index (κ2) is 6.09. The summed E-state index contributed by atoms with van der Waals surface area (Å²) in [4.78, 5) is 12.1. The van der Waals surface area contributed by atoms with E-state index in [1.165, 1.54) is 0 Å². The van der Waals surface area contributed by atoms with Crippen molar-refractivity contribution in [2.24, 2.45) is 0 Å². The molecule has 1 aromatic heterocycles. The number of carbonyl (C=O) groups is 1. The van der Waals surface area contributed by atoms with E-state index in [1.54, 1.807) is 12.1 Å². The average molecular weight is 292 g/mol. The molecule has 0 saturated heterocycles. The van der Waals surface area contributed by atoms with Gasteiger partial charge in [-0.25, -0.2) is 0 Å². The van der Waals surface area contributed by atoms with Gasteiger partial charge in [0.15, 0.2) is 0 Å². The summed E-state index contributed by atoms with van der Waals surface area (Å²) >= 11 is 6.05. The molecule has 0 spiro atoms. The van der Waals surface area contributed by atoms with Gasteiger partial charge in [-0.2, -0.15) is 5.10 Å². The molecule has 1 aromatic carbocycles.